The van der Waals surface area contributed by atoms with E-state index in [4.69, 9.17) is 4.43 Å². The zero-order valence-corrected chi connectivity index (χ0v) is 13.4. The van der Waals surface area contributed by atoms with Gasteiger partial charge in [-0.15, -0.1) is 0 Å². The normalized spacial score (nSPS) is 16.1. The third-order valence-corrected chi connectivity index (χ3v) is 3.18. The summed E-state index contributed by atoms with van der Waals surface area (Å²) in [4.78, 5) is 12.4. The maximum atomic E-state index is 12.4. The van der Waals surface area contributed by atoms with Gasteiger partial charge in [-0.25, -0.2) is 0 Å². The molecule has 0 heterocycles. The van der Waals surface area contributed by atoms with E-state index in [0.717, 1.165) is 0 Å². The van der Waals surface area contributed by atoms with E-state index >= 15 is 0 Å². The first kappa shape index (κ1) is 15.8. The van der Waals surface area contributed by atoms with Gasteiger partial charge in [0.15, 0.2) is 14.1 Å². The lowest BCUT2D eigenvalue weighted by molar-refractivity contribution is -0.138. The Morgan fingerprint density at radius 1 is 1.00 bits per heavy atom. The molecule has 0 spiro atoms. The second-order valence-electron chi connectivity index (χ2n) is 7.59. The van der Waals surface area contributed by atoms with E-state index in [-0.39, 0.29) is 22.7 Å². The molecule has 0 bridgehead atoms. The number of rotatable bonds is 3. The van der Waals surface area contributed by atoms with E-state index in [1.807, 2.05) is 20.8 Å². The molecule has 0 amide bonds. The van der Waals surface area contributed by atoms with Gasteiger partial charge >= 0.3 is 0 Å². The Kier molecular flexibility index (Phi) is 4.57. The molecule has 0 N–H and O–H groups in total. The molecule has 16 heavy (non-hydrogen) atoms. The first-order valence-corrected chi connectivity index (χ1v) is 9.38. The summed E-state index contributed by atoms with van der Waals surface area (Å²) in [6.45, 7) is 18.5. The molecule has 3 heteroatoms. The van der Waals surface area contributed by atoms with Gasteiger partial charge in [-0.05, 0) is 25.1 Å². The highest BCUT2D eigenvalue weighted by molar-refractivity contribution is 6.69. The van der Waals surface area contributed by atoms with Gasteiger partial charge in [-0.2, -0.15) is 0 Å². The minimum absolute atomic E-state index is 0.134. The van der Waals surface area contributed by atoms with Crippen LogP contribution in [0.25, 0.3) is 0 Å². The van der Waals surface area contributed by atoms with Gasteiger partial charge in [0, 0.05) is 5.41 Å². The van der Waals surface area contributed by atoms with Gasteiger partial charge in [0.1, 0.15) is 6.10 Å². The molecule has 0 aromatic carbocycles. The molecule has 96 valence electrons. The zero-order chi connectivity index (χ0) is 13.4. The van der Waals surface area contributed by atoms with E-state index in [0.29, 0.717) is 0 Å². The Balaban J connectivity index is 5.06. The van der Waals surface area contributed by atoms with Crippen molar-refractivity contribution in [3.8, 4) is 0 Å². The molecule has 2 nitrogen and oxygen atoms in total. The average Bonchev–Trinajstić information content (AvgIpc) is 1.93. The Hall–Kier alpha value is -0.153. The van der Waals surface area contributed by atoms with Crippen LogP contribution in [0.2, 0.25) is 19.6 Å². The highest BCUT2D eigenvalue weighted by Crippen LogP contribution is 2.31. The summed E-state index contributed by atoms with van der Waals surface area (Å²) in [5.41, 5.74) is -0.470. The van der Waals surface area contributed by atoms with Gasteiger partial charge in [0.25, 0.3) is 0 Å². The maximum Gasteiger partial charge on any atom is 0.184 e. The second kappa shape index (κ2) is 4.61. The van der Waals surface area contributed by atoms with Crippen molar-refractivity contribution >= 4 is 14.1 Å². The Bertz CT molecular complexity index is 251. The molecule has 0 fully saturated rings. The summed E-state index contributed by atoms with van der Waals surface area (Å²) in [5.74, 6) is 0.211. The summed E-state index contributed by atoms with van der Waals surface area (Å²) in [6.07, 6.45) is -0.292. The third-order valence-electron chi connectivity index (χ3n) is 2.24. The predicted octanol–water partition coefficient (Wildman–Crippen LogP) is 3.87. The van der Waals surface area contributed by atoms with Gasteiger partial charge < -0.3 is 4.43 Å². The van der Waals surface area contributed by atoms with Crippen LogP contribution >= 0.6 is 0 Å². The van der Waals surface area contributed by atoms with E-state index < -0.39 is 8.32 Å². The molecular weight excluding hydrogens is 216 g/mol. The van der Waals surface area contributed by atoms with E-state index in [9.17, 15) is 4.79 Å². The summed E-state index contributed by atoms with van der Waals surface area (Å²) >= 11 is 0. The van der Waals surface area contributed by atoms with E-state index in [1.54, 1.807) is 0 Å². The number of carbonyl (C=O) groups is 1. The van der Waals surface area contributed by atoms with Crippen molar-refractivity contribution in [3.63, 3.8) is 0 Å². The summed E-state index contributed by atoms with van der Waals surface area (Å²) in [6, 6.07) is 0. The Morgan fingerprint density at radius 2 is 1.38 bits per heavy atom. The number of hydrogen-bond acceptors (Lipinski definition) is 2. The maximum absolute atomic E-state index is 12.4. The van der Waals surface area contributed by atoms with Crippen molar-refractivity contribution < 1.29 is 9.22 Å². The Labute approximate surface area is 102 Å². The molecule has 0 aliphatic rings. The number of Topliss-reactive ketones (excluding diaryl/α,β-unsaturated/α-hetero) is 1. The van der Waals surface area contributed by atoms with Crippen LogP contribution in [0.3, 0.4) is 0 Å². The van der Waals surface area contributed by atoms with E-state index in [1.165, 1.54) is 0 Å². The summed E-state index contributed by atoms with van der Waals surface area (Å²) in [5, 5.41) is 0. The third kappa shape index (κ3) is 5.26. The van der Waals surface area contributed by atoms with Gasteiger partial charge in [-0.3, -0.25) is 4.79 Å². The fourth-order valence-corrected chi connectivity index (χ4v) is 2.54. The summed E-state index contributed by atoms with van der Waals surface area (Å²) in [7, 11) is -1.69. The van der Waals surface area contributed by atoms with E-state index in [2.05, 4.69) is 40.4 Å². The molecule has 1 atom stereocenters. The van der Waals surface area contributed by atoms with Crippen LogP contribution in [-0.2, 0) is 9.22 Å². The molecule has 1 unspecified atom stereocenters. The van der Waals surface area contributed by atoms with Gasteiger partial charge in [-0.1, -0.05) is 41.5 Å². The van der Waals surface area contributed by atoms with Crippen LogP contribution in [0.5, 0.6) is 0 Å². The quantitative estimate of drug-likeness (QED) is 0.705. The lowest BCUT2D eigenvalue weighted by Gasteiger charge is -2.38. The monoisotopic (exact) mass is 244 g/mol. The van der Waals surface area contributed by atoms with Gasteiger partial charge in [0.2, 0.25) is 0 Å². The van der Waals surface area contributed by atoms with Crippen molar-refractivity contribution in [1.82, 2.24) is 0 Å². The summed E-state index contributed by atoms with van der Waals surface area (Å²) < 4.78 is 6.08. The largest absolute Gasteiger partial charge is 0.407 e. The van der Waals surface area contributed by atoms with Crippen molar-refractivity contribution in [1.29, 1.82) is 0 Å². The molecule has 0 saturated heterocycles. The molecule has 0 aliphatic heterocycles. The first-order chi connectivity index (χ1) is 6.75. The zero-order valence-electron chi connectivity index (χ0n) is 12.4. The average molecular weight is 244 g/mol. The molecule has 0 rings (SSSR count). The van der Waals surface area contributed by atoms with Crippen LogP contribution in [0.15, 0.2) is 0 Å². The van der Waals surface area contributed by atoms with Crippen LogP contribution in [0.4, 0.5) is 0 Å². The molecule has 0 aromatic rings. The smallest absolute Gasteiger partial charge is 0.184 e. The molecule has 0 aliphatic carbocycles. The van der Waals surface area contributed by atoms with Crippen molar-refractivity contribution in [3.05, 3.63) is 0 Å². The Morgan fingerprint density at radius 3 is 1.56 bits per heavy atom. The van der Waals surface area contributed by atoms with Gasteiger partial charge in [0.05, 0.1) is 0 Å². The molecule has 0 radical (unpaired) electrons. The molecular formula is C13H28O2Si. The second-order valence-corrected chi connectivity index (χ2v) is 12.1. The van der Waals surface area contributed by atoms with Crippen LogP contribution < -0.4 is 0 Å². The minimum Gasteiger partial charge on any atom is -0.407 e. The fraction of sp³-hybridized carbons (Fsp3) is 0.923. The minimum atomic E-state index is -1.69. The van der Waals surface area contributed by atoms with Crippen molar-refractivity contribution in [2.24, 2.45) is 10.8 Å². The number of hydrogen-bond donors (Lipinski definition) is 0. The van der Waals surface area contributed by atoms with Crippen molar-refractivity contribution in [2.45, 2.75) is 67.3 Å². The van der Waals surface area contributed by atoms with Crippen LogP contribution in [-0.4, -0.2) is 20.2 Å². The lowest BCUT2D eigenvalue weighted by Crippen LogP contribution is -2.48. The fourth-order valence-electron chi connectivity index (χ4n) is 1.37. The first-order valence-electron chi connectivity index (χ1n) is 5.97. The predicted molar refractivity (Wildman–Crippen MR) is 72.1 cm³/mol. The number of ketones is 1. The molecule has 0 aromatic heterocycles. The molecule has 0 saturated carbocycles. The highest BCUT2D eigenvalue weighted by atomic mass is 28.4. The van der Waals surface area contributed by atoms with Crippen LogP contribution in [0, 0.1) is 10.8 Å². The highest BCUT2D eigenvalue weighted by Gasteiger charge is 2.40. The lowest BCUT2D eigenvalue weighted by atomic mass is 9.77. The topological polar surface area (TPSA) is 26.3 Å². The standard InChI is InChI=1S/C13H28O2Si/c1-12(2,3)10(14)11(13(4,5)6)15-16(7,8)9/h11H,1-9H3. The van der Waals surface area contributed by atoms with Crippen LogP contribution in [0.1, 0.15) is 41.5 Å². The SMILES string of the molecule is CC(C)(C)C(=O)C(O[Si](C)(C)C)C(C)(C)C. The van der Waals surface area contributed by atoms with Crippen molar-refractivity contribution in [2.75, 3.05) is 0 Å². The number of carbonyl (C=O) groups excluding carboxylic acids is 1.